The quantitative estimate of drug-likeness (QED) is 0.615. The molecule has 134 valence electrons. The lowest BCUT2D eigenvalue weighted by molar-refractivity contribution is 0.0784. The first-order valence-corrected chi connectivity index (χ1v) is 9.32. The molecule has 1 amide bonds. The maximum Gasteiger partial charge on any atom is 0.253 e. The molecule has 5 heteroatoms. The maximum atomic E-state index is 12.8. The van der Waals surface area contributed by atoms with Gasteiger partial charge in [-0.05, 0) is 49.2 Å². The lowest BCUT2D eigenvalue weighted by Crippen LogP contribution is -2.26. The first-order chi connectivity index (χ1) is 12.4. The van der Waals surface area contributed by atoms with Gasteiger partial charge >= 0.3 is 0 Å². The highest BCUT2D eigenvalue weighted by atomic mass is 79.9. The Kier molecular flexibility index (Phi) is 5.57. The minimum absolute atomic E-state index is 0.0102. The molecule has 0 N–H and O–H groups in total. The van der Waals surface area contributed by atoms with Gasteiger partial charge in [0.2, 0.25) is 0 Å². The van der Waals surface area contributed by atoms with Gasteiger partial charge in [0.05, 0.1) is 12.2 Å². The van der Waals surface area contributed by atoms with E-state index in [1.807, 2.05) is 74.1 Å². The Balaban J connectivity index is 1.75. The Morgan fingerprint density at radius 3 is 2.58 bits per heavy atom. The van der Waals surface area contributed by atoms with Gasteiger partial charge in [0.15, 0.2) is 0 Å². The van der Waals surface area contributed by atoms with Gasteiger partial charge in [0.25, 0.3) is 5.91 Å². The van der Waals surface area contributed by atoms with Gasteiger partial charge in [-0.3, -0.25) is 9.48 Å². The molecule has 0 saturated carbocycles. The largest absolute Gasteiger partial charge is 0.337 e. The minimum atomic E-state index is 0.0102. The fourth-order valence-corrected chi connectivity index (χ4v) is 3.40. The van der Waals surface area contributed by atoms with E-state index in [1.54, 1.807) is 4.90 Å². The van der Waals surface area contributed by atoms with E-state index in [2.05, 4.69) is 27.1 Å². The number of rotatable bonds is 5. The number of hydrogen-bond donors (Lipinski definition) is 0. The number of carbonyl (C=O) groups is 1. The van der Waals surface area contributed by atoms with Gasteiger partial charge < -0.3 is 4.90 Å². The van der Waals surface area contributed by atoms with E-state index in [-0.39, 0.29) is 5.91 Å². The molecule has 0 unspecified atom stereocenters. The molecule has 0 spiro atoms. The fourth-order valence-electron chi connectivity index (χ4n) is 2.98. The molecular formula is C21H22BrN3O. The maximum absolute atomic E-state index is 12.8. The van der Waals surface area contributed by atoms with E-state index < -0.39 is 0 Å². The number of amides is 1. The molecule has 0 aliphatic heterocycles. The van der Waals surface area contributed by atoms with Gasteiger partial charge in [-0.15, -0.1) is 0 Å². The molecule has 3 aromatic rings. The van der Waals surface area contributed by atoms with Gasteiger partial charge in [0, 0.05) is 29.3 Å². The molecule has 2 aromatic carbocycles. The fraction of sp³-hybridized carbons (Fsp3) is 0.238. The number of aryl methyl sites for hydroxylation is 2. The molecule has 0 saturated heterocycles. The smallest absolute Gasteiger partial charge is 0.253 e. The van der Waals surface area contributed by atoms with Crippen molar-refractivity contribution < 1.29 is 4.79 Å². The van der Waals surface area contributed by atoms with Crippen LogP contribution in [0.5, 0.6) is 0 Å². The van der Waals surface area contributed by atoms with E-state index in [1.165, 1.54) is 0 Å². The summed E-state index contributed by atoms with van der Waals surface area (Å²) in [5, 5.41) is 4.50. The second kappa shape index (κ2) is 7.87. The van der Waals surface area contributed by atoms with Crippen molar-refractivity contribution in [1.82, 2.24) is 14.7 Å². The van der Waals surface area contributed by atoms with Crippen LogP contribution in [0.25, 0.3) is 0 Å². The van der Waals surface area contributed by atoms with Gasteiger partial charge in [-0.2, -0.15) is 5.10 Å². The topological polar surface area (TPSA) is 38.1 Å². The average Bonchev–Trinajstić information content (AvgIpc) is 2.93. The summed E-state index contributed by atoms with van der Waals surface area (Å²) in [7, 11) is 1.83. The van der Waals surface area contributed by atoms with Crippen LogP contribution in [-0.2, 0) is 13.1 Å². The van der Waals surface area contributed by atoms with E-state index >= 15 is 0 Å². The summed E-state index contributed by atoms with van der Waals surface area (Å²) in [5.74, 6) is 0.0102. The van der Waals surface area contributed by atoms with Crippen molar-refractivity contribution in [2.45, 2.75) is 26.9 Å². The molecule has 0 bridgehead atoms. The first kappa shape index (κ1) is 18.4. The van der Waals surface area contributed by atoms with E-state index in [4.69, 9.17) is 0 Å². The van der Waals surface area contributed by atoms with Crippen molar-refractivity contribution in [3.63, 3.8) is 0 Å². The van der Waals surface area contributed by atoms with E-state index in [9.17, 15) is 4.79 Å². The second-order valence-corrected chi connectivity index (χ2v) is 7.39. The lowest BCUT2D eigenvalue weighted by atomic mass is 10.1. The monoisotopic (exact) mass is 411 g/mol. The lowest BCUT2D eigenvalue weighted by Gasteiger charge is -2.18. The third-order valence-corrected chi connectivity index (χ3v) is 5.10. The third kappa shape index (κ3) is 4.22. The van der Waals surface area contributed by atoms with Crippen molar-refractivity contribution >= 4 is 21.8 Å². The van der Waals surface area contributed by atoms with E-state index in [0.29, 0.717) is 18.7 Å². The number of halogens is 1. The molecule has 0 atom stereocenters. The van der Waals surface area contributed by atoms with E-state index in [0.717, 1.165) is 27.0 Å². The molecule has 3 rings (SSSR count). The van der Waals surface area contributed by atoms with Crippen molar-refractivity contribution in [1.29, 1.82) is 0 Å². The molecular weight excluding hydrogens is 390 g/mol. The number of nitrogens with zero attached hydrogens (tertiary/aromatic N) is 3. The summed E-state index contributed by atoms with van der Waals surface area (Å²) in [6.07, 6.45) is 0. The van der Waals surface area contributed by atoms with Crippen LogP contribution < -0.4 is 0 Å². The van der Waals surface area contributed by atoms with Crippen LogP contribution in [0.4, 0.5) is 0 Å². The Hall–Kier alpha value is -2.40. The van der Waals surface area contributed by atoms with Crippen molar-refractivity contribution in [2.24, 2.45) is 0 Å². The molecule has 0 radical (unpaired) electrons. The van der Waals surface area contributed by atoms with Crippen molar-refractivity contribution in [3.8, 4) is 0 Å². The van der Waals surface area contributed by atoms with Crippen molar-refractivity contribution in [3.05, 3.63) is 87.1 Å². The Morgan fingerprint density at radius 1 is 1.12 bits per heavy atom. The van der Waals surface area contributed by atoms with Crippen molar-refractivity contribution in [2.75, 3.05) is 7.05 Å². The zero-order valence-electron chi connectivity index (χ0n) is 15.2. The summed E-state index contributed by atoms with van der Waals surface area (Å²) < 4.78 is 2.97. The summed E-state index contributed by atoms with van der Waals surface area (Å²) in [4.78, 5) is 14.6. The Labute approximate surface area is 162 Å². The van der Waals surface area contributed by atoms with Crippen LogP contribution in [-0.4, -0.2) is 27.6 Å². The average molecular weight is 412 g/mol. The van der Waals surface area contributed by atoms with Crippen LogP contribution in [0.15, 0.2) is 59.1 Å². The molecule has 0 fully saturated rings. The van der Waals surface area contributed by atoms with Gasteiger partial charge in [-0.1, -0.05) is 46.3 Å². The van der Waals surface area contributed by atoms with Gasteiger partial charge in [0.1, 0.15) is 0 Å². The Morgan fingerprint density at radius 2 is 1.88 bits per heavy atom. The van der Waals surface area contributed by atoms with Crippen LogP contribution in [0.2, 0.25) is 0 Å². The molecule has 0 aliphatic rings. The molecule has 4 nitrogen and oxygen atoms in total. The third-order valence-electron chi connectivity index (χ3n) is 4.32. The number of carbonyl (C=O) groups excluding carboxylic acids is 1. The minimum Gasteiger partial charge on any atom is -0.337 e. The Bertz CT molecular complexity index is 933. The van der Waals surface area contributed by atoms with Crippen LogP contribution in [0.3, 0.4) is 0 Å². The summed E-state index contributed by atoms with van der Waals surface area (Å²) >= 11 is 3.54. The zero-order chi connectivity index (χ0) is 18.7. The first-order valence-electron chi connectivity index (χ1n) is 8.53. The predicted octanol–water partition coefficient (Wildman–Crippen LogP) is 4.58. The zero-order valence-corrected chi connectivity index (χ0v) is 16.8. The molecule has 0 aliphatic carbocycles. The summed E-state index contributed by atoms with van der Waals surface area (Å²) in [6, 6.07) is 17.8. The van der Waals surface area contributed by atoms with Crippen LogP contribution in [0.1, 0.15) is 32.9 Å². The highest BCUT2D eigenvalue weighted by molar-refractivity contribution is 9.10. The second-order valence-electron chi connectivity index (χ2n) is 6.54. The summed E-state index contributed by atoms with van der Waals surface area (Å²) in [5.41, 5.74) is 4.96. The predicted molar refractivity (Wildman–Crippen MR) is 107 cm³/mol. The van der Waals surface area contributed by atoms with Gasteiger partial charge in [-0.25, -0.2) is 0 Å². The highest BCUT2D eigenvalue weighted by Crippen LogP contribution is 2.19. The standard InChI is InChI=1S/C21H22BrN3O/c1-15-11-16(2)25(23-15)13-17-7-6-9-18(12-17)21(26)24(3)14-19-8-4-5-10-20(19)22/h4-12H,13-14H2,1-3H3. The molecule has 26 heavy (non-hydrogen) atoms. The summed E-state index contributed by atoms with van der Waals surface area (Å²) in [6.45, 7) is 5.25. The molecule has 1 heterocycles. The molecule has 1 aromatic heterocycles. The highest BCUT2D eigenvalue weighted by Gasteiger charge is 2.14. The normalized spacial score (nSPS) is 10.8. The SMILES string of the molecule is Cc1cc(C)n(Cc2cccc(C(=O)N(C)Cc3ccccc3Br)c2)n1. The van der Waals surface area contributed by atoms with Crippen LogP contribution in [0, 0.1) is 13.8 Å². The number of benzene rings is 2. The van der Waals surface area contributed by atoms with Crippen LogP contribution >= 0.6 is 15.9 Å². The number of aromatic nitrogens is 2. The number of hydrogen-bond acceptors (Lipinski definition) is 2.